The molecule has 0 unspecified atom stereocenters. The van der Waals surface area contributed by atoms with E-state index in [4.69, 9.17) is 18.9 Å². The summed E-state index contributed by atoms with van der Waals surface area (Å²) in [4.78, 5) is 5.11. The van der Waals surface area contributed by atoms with Crippen LogP contribution in [0.15, 0.2) is 94.7 Å². The first-order chi connectivity index (χ1) is 26.9. The Hall–Kier alpha value is -4.04. The molecule has 4 aliphatic rings. The first kappa shape index (κ1) is 37.5. The van der Waals surface area contributed by atoms with Gasteiger partial charge in [-0.25, -0.2) is 0 Å². The molecule has 9 rings (SSSR count). The molecule has 2 heterocycles. The van der Waals surface area contributed by atoms with Crippen molar-refractivity contribution in [3.05, 3.63) is 113 Å². The minimum Gasteiger partial charge on any atom is -0.497 e. The number of anilines is 1. The Bertz CT molecular complexity index is 2290. The van der Waals surface area contributed by atoms with Gasteiger partial charge in [-0.3, -0.25) is 0 Å². The summed E-state index contributed by atoms with van der Waals surface area (Å²) in [7, 11) is 3.43. The SMILES string of the molecule is COc1ccc(C2(c3ccc(OC)cc3)C=Cc3c4c(c5cc(SC)c(N6CCOCC6)cc5c3O2)-c2ccc(SC)cc2C42CC(C)(C)CC(C)(C)C2)cc1. The lowest BCUT2D eigenvalue weighted by molar-refractivity contribution is 0.0641. The Morgan fingerprint density at radius 3 is 1.89 bits per heavy atom. The predicted octanol–water partition coefficient (Wildman–Crippen LogP) is 12.0. The zero-order chi connectivity index (χ0) is 39.0. The maximum absolute atomic E-state index is 7.85. The molecule has 7 heteroatoms. The smallest absolute Gasteiger partial charge is 0.178 e. The third-order valence-corrected chi connectivity index (χ3v) is 14.2. The van der Waals surface area contributed by atoms with Gasteiger partial charge in [-0.05, 0) is 125 Å². The zero-order valence-electron chi connectivity index (χ0n) is 34.0. The highest BCUT2D eigenvalue weighted by molar-refractivity contribution is 7.99. The van der Waals surface area contributed by atoms with Crippen molar-refractivity contribution in [2.45, 2.75) is 67.8 Å². The first-order valence-corrected chi connectivity index (χ1v) is 22.3. The van der Waals surface area contributed by atoms with Gasteiger partial charge in [0.2, 0.25) is 0 Å². The minimum absolute atomic E-state index is 0.137. The van der Waals surface area contributed by atoms with E-state index in [1.165, 1.54) is 55.1 Å². The van der Waals surface area contributed by atoms with Gasteiger partial charge in [-0.1, -0.05) is 64.1 Å². The van der Waals surface area contributed by atoms with Crippen LogP contribution in [0.2, 0.25) is 0 Å². The summed E-state index contributed by atoms with van der Waals surface area (Å²) in [5.41, 5.74) is 9.40. The average molecular weight is 784 g/mol. The Kier molecular flexibility index (Phi) is 9.26. The zero-order valence-corrected chi connectivity index (χ0v) is 35.6. The van der Waals surface area contributed by atoms with Gasteiger partial charge >= 0.3 is 0 Å². The van der Waals surface area contributed by atoms with Crippen LogP contribution in [0.3, 0.4) is 0 Å². The summed E-state index contributed by atoms with van der Waals surface area (Å²) in [5.74, 6) is 2.58. The summed E-state index contributed by atoms with van der Waals surface area (Å²) in [6, 6.07) is 28.9. The second-order valence-electron chi connectivity index (χ2n) is 17.6. The van der Waals surface area contributed by atoms with Crippen LogP contribution < -0.4 is 19.1 Å². The molecule has 1 saturated heterocycles. The summed E-state index contributed by atoms with van der Waals surface area (Å²) >= 11 is 3.68. The number of fused-ring (bicyclic) bond motifs is 10. The van der Waals surface area contributed by atoms with E-state index >= 15 is 0 Å². The van der Waals surface area contributed by atoms with Gasteiger partial charge in [0, 0.05) is 50.4 Å². The second kappa shape index (κ2) is 13.8. The molecule has 2 aliphatic heterocycles. The molecule has 0 atom stereocenters. The largest absolute Gasteiger partial charge is 0.497 e. The van der Waals surface area contributed by atoms with Crippen molar-refractivity contribution >= 4 is 46.1 Å². The summed E-state index contributed by atoms with van der Waals surface area (Å²) in [5, 5.41) is 2.42. The molecule has 5 nitrogen and oxygen atoms in total. The van der Waals surface area contributed by atoms with Crippen molar-refractivity contribution in [1.29, 1.82) is 0 Å². The van der Waals surface area contributed by atoms with Crippen LogP contribution >= 0.6 is 23.5 Å². The number of methoxy groups -OCH3 is 2. The van der Waals surface area contributed by atoms with Crippen LogP contribution in [0.25, 0.3) is 28.0 Å². The molecule has 5 aromatic rings. The average Bonchev–Trinajstić information content (AvgIpc) is 3.46. The lowest BCUT2D eigenvalue weighted by Gasteiger charge is -2.52. The molecule has 1 saturated carbocycles. The van der Waals surface area contributed by atoms with Crippen molar-refractivity contribution in [3.63, 3.8) is 0 Å². The van der Waals surface area contributed by atoms with Crippen molar-refractivity contribution in [2.24, 2.45) is 10.8 Å². The first-order valence-electron chi connectivity index (χ1n) is 19.9. The molecule has 0 amide bonds. The van der Waals surface area contributed by atoms with Crippen molar-refractivity contribution in [3.8, 4) is 28.4 Å². The highest BCUT2D eigenvalue weighted by Gasteiger charge is 2.55. The van der Waals surface area contributed by atoms with E-state index in [0.717, 1.165) is 72.9 Å². The second-order valence-corrected chi connectivity index (χ2v) is 19.4. The fourth-order valence-electron chi connectivity index (χ4n) is 11.2. The summed E-state index contributed by atoms with van der Waals surface area (Å²) in [6.45, 7) is 13.1. The maximum atomic E-state index is 7.85. The third kappa shape index (κ3) is 5.94. The lowest BCUT2D eigenvalue weighted by Crippen LogP contribution is -2.44. The topological polar surface area (TPSA) is 40.2 Å². The highest BCUT2D eigenvalue weighted by atomic mass is 32.2. The molecule has 290 valence electrons. The quantitative estimate of drug-likeness (QED) is 0.152. The molecule has 2 fully saturated rings. The lowest BCUT2D eigenvalue weighted by atomic mass is 9.52. The van der Waals surface area contributed by atoms with Crippen molar-refractivity contribution in [2.75, 3.05) is 57.9 Å². The van der Waals surface area contributed by atoms with Gasteiger partial charge < -0.3 is 23.8 Å². The molecule has 1 spiro atoms. The van der Waals surface area contributed by atoms with E-state index in [1.54, 1.807) is 14.2 Å². The van der Waals surface area contributed by atoms with Gasteiger partial charge in [-0.15, -0.1) is 23.5 Å². The van der Waals surface area contributed by atoms with E-state index < -0.39 is 5.60 Å². The Balaban J connectivity index is 1.40. The standard InChI is InChI=1S/C49H53NO4S2/c1-46(2)28-47(3,4)30-48(29-46)40-25-35(55-7)17-18-36(40)43-38-27-42(56-8)41(50-21-23-53-24-22-50)26-39(38)45-37(44(43)48)19-20-49(54-45,31-9-13-33(51-5)14-10-31)32-11-15-34(52-6)16-12-32/h9-20,25-27H,21-24,28-30H2,1-8H3. The van der Waals surface area contributed by atoms with Crippen LogP contribution in [0.5, 0.6) is 17.2 Å². The van der Waals surface area contributed by atoms with Crippen LogP contribution in [0.4, 0.5) is 5.69 Å². The van der Waals surface area contributed by atoms with Crippen LogP contribution in [0, 0.1) is 10.8 Å². The third-order valence-electron chi connectivity index (χ3n) is 12.7. The van der Waals surface area contributed by atoms with Gasteiger partial charge in [0.25, 0.3) is 0 Å². The number of benzene rings is 5. The molecule has 56 heavy (non-hydrogen) atoms. The molecule has 0 N–H and O–H groups in total. The van der Waals surface area contributed by atoms with E-state index in [9.17, 15) is 0 Å². The number of hydrogen-bond acceptors (Lipinski definition) is 7. The predicted molar refractivity (Wildman–Crippen MR) is 235 cm³/mol. The summed E-state index contributed by atoms with van der Waals surface area (Å²) < 4.78 is 25.0. The van der Waals surface area contributed by atoms with E-state index in [0.29, 0.717) is 0 Å². The highest BCUT2D eigenvalue weighted by Crippen LogP contribution is 2.67. The van der Waals surface area contributed by atoms with Crippen LogP contribution in [-0.4, -0.2) is 53.0 Å². The van der Waals surface area contributed by atoms with Gasteiger partial charge in [0.05, 0.1) is 33.1 Å². The molecule has 0 bridgehead atoms. The molecule has 5 aromatic carbocycles. The normalized spacial score (nSPS) is 19.6. The van der Waals surface area contributed by atoms with Gasteiger partial charge in [-0.2, -0.15) is 0 Å². The number of thioether (sulfide) groups is 2. The van der Waals surface area contributed by atoms with Gasteiger partial charge in [0.1, 0.15) is 17.2 Å². The Morgan fingerprint density at radius 1 is 0.696 bits per heavy atom. The number of hydrogen-bond donors (Lipinski definition) is 0. The number of nitrogens with zero attached hydrogens (tertiary/aromatic N) is 1. The van der Waals surface area contributed by atoms with Crippen molar-refractivity contribution in [1.82, 2.24) is 0 Å². The molecular weight excluding hydrogens is 731 g/mol. The Labute approximate surface area is 341 Å². The monoisotopic (exact) mass is 783 g/mol. The number of morpholine rings is 1. The molecule has 2 aliphatic carbocycles. The van der Waals surface area contributed by atoms with E-state index in [2.05, 4.69) is 112 Å². The number of ether oxygens (including phenoxy) is 4. The van der Waals surface area contributed by atoms with Gasteiger partial charge in [0.15, 0.2) is 5.60 Å². The molecule has 0 aromatic heterocycles. The number of rotatable bonds is 7. The van der Waals surface area contributed by atoms with E-state index in [-0.39, 0.29) is 16.2 Å². The summed E-state index contributed by atoms with van der Waals surface area (Å²) in [6.07, 6.45) is 12.5. The molecule has 0 radical (unpaired) electrons. The Morgan fingerprint density at radius 2 is 1.32 bits per heavy atom. The molecular formula is C49H53NO4S2. The van der Waals surface area contributed by atoms with Crippen LogP contribution in [-0.2, 0) is 15.8 Å². The van der Waals surface area contributed by atoms with E-state index in [1.807, 2.05) is 47.8 Å². The van der Waals surface area contributed by atoms with Crippen molar-refractivity contribution < 1.29 is 18.9 Å². The fraction of sp³-hybridized carbons (Fsp3) is 0.388. The maximum Gasteiger partial charge on any atom is 0.178 e. The minimum atomic E-state index is -0.903. The van der Waals surface area contributed by atoms with Crippen LogP contribution in [0.1, 0.15) is 74.8 Å². The fourth-order valence-corrected chi connectivity index (χ4v) is 12.3.